The second-order valence-corrected chi connectivity index (χ2v) is 10.2. The molecule has 1 saturated heterocycles. The van der Waals surface area contributed by atoms with E-state index in [2.05, 4.69) is 12.2 Å². The van der Waals surface area contributed by atoms with E-state index in [1.165, 1.54) is 7.11 Å². The highest BCUT2D eigenvalue weighted by molar-refractivity contribution is 8.61. The summed E-state index contributed by atoms with van der Waals surface area (Å²) in [5.41, 5.74) is -2.25. The van der Waals surface area contributed by atoms with Gasteiger partial charge in [-0.25, -0.2) is 4.39 Å². The highest BCUT2D eigenvalue weighted by Crippen LogP contribution is 2.54. The molecule has 0 aromatic carbocycles. The van der Waals surface area contributed by atoms with Gasteiger partial charge in [0.15, 0.2) is 0 Å². The lowest BCUT2D eigenvalue weighted by Gasteiger charge is -2.24. The normalized spacial score (nSPS) is 38.5. The predicted molar refractivity (Wildman–Crippen MR) is 69.9 cm³/mol. The van der Waals surface area contributed by atoms with Crippen LogP contribution in [-0.4, -0.2) is 52.1 Å². The molecule has 0 saturated carbocycles. The molecular formula is C8H15BFO3PS2. The van der Waals surface area contributed by atoms with E-state index >= 15 is 0 Å². The first-order chi connectivity index (χ1) is 7.41. The number of methoxy groups -OCH3 is 1. The number of hydrogen-bond acceptors (Lipinski definition) is 4. The molecular weight excluding hydrogens is 269 g/mol. The van der Waals surface area contributed by atoms with Crippen molar-refractivity contribution >= 4 is 37.4 Å². The van der Waals surface area contributed by atoms with Crippen LogP contribution in [0.1, 0.15) is 6.92 Å². The Bertz CT molecular complexity index is 284. The van der Waals surface area contributed by atoms with Crippen molar-refractivity contribution in [2.75, 3.05) is 19.9 Å². The fraction of sp³-hybridized carbons (Fsp3) is 1.00. The summed E-state index contributed by atoms with van der Waals surface area (Å²) in [4.78, 5) is 0. The summed E-state index contributed by atoms with van der Waals surface area (Å²) >= 11 is 9.40. The highest BCUT2D eigenvalue weighted by atomic mass is 32.9. The van der Waals surface area contributed by atoms with E-state index in [1.54, 1.807) is 0 Å². The van der Waals surface area contributed by atoms with Gasteiger partial charge in [0.1, 0.15) is 31.7 Å². The van der Waals surface area contributed by atoms with Crippen molar-refractivity contribution < 1.29 is 18.4 Å². The predicted octanol–water partition coefficient (Wildman–Crippen LogP) is 1.51. The van der Waals surface area contributed by atoms with E-state index in [4.69, 9.17) is 33.7 Å². The van der Waals surface area contributed by atoms with Crippen LogP contribution in [0.15, 0.2) is 0 Å². The van der Waals surface area contributed by atoms with Gasteiger partial charge in [-0.3, -0.25) is 0 Å². The molecule has 1 rings (SSSR count). The van der Waals surface area contributed by atoms with Gasteiger partial charge in [-0.1, -0.05) is 18.7 Å². The molecule has 0 N–H and O–H groups in total. The third-order valence-corrected chi connectivity index (χ3v) is 5.88. The fourth-order valence-corrected chi connectivity index (χ4v) is 2.84. The highest BCUT2D eigenvalue weighted by Gasteiger charge is 2.44. The summed E-state index contributed by atoms with van der Waals surface area (Å²) in [5.74, 6) is 0. The number of hydrogen-bond donors (Lipinski definition) is 1. The van der Waals surface area contributed by atoms with Gasteiger partial charge in [0, 0.05) is 13.3 Å². The van der Waals surface area contributed by atoms with E-state index in [0.29, 0.717) is 6.16 Å². The van der Waals surface area contributed by atoms with Gasteiger partial charge >= 0.3 is 0 Å². The molecule has 8 heteroatoms. The summed E-state index contributed by atoms with van der Waals surface area (Å²) in [5, 5.41) is 0. The molecule has 3 nitrogen and oxygen atoms in total. The Morgan fingerprint density at radius 2 is 2.25 bits per heavy atom. The maximum atomic E-state index is 13.7. The van der Waals surface area contributed by atoms with Crippen molar-refractivity contribution in [1.82, 2.24) is 0 Å². The first-order valence-electron chi connectivity index (χ1n) is 4.95. The van der Waals surface area contributed by atoms with Crippen LogP contribution in [0.3, 0.4) is 0 Å². The minimum absolute atomic E-state index is 0.228. The minimum atomic E-state index is -2.25. The molecule has 0 bridgehead atoms. The van der Waals surface area contributed by atoms with Gasteiger partial charge in [0.25, 0.3) is 0 Å². The van der Waals surface area contributed by atoms with Gasteiger partial charge in [-0.2, -0.15) is 0 Å². The van der Waals surface area contributed by atoms with E-state index < -0.39 is 29.8 Å². The number of alkyl halides is 1. The van der Waals surface area contributed by atoms with Crippen LogP contribution in [-0.2, 0) is 25.8 Å². The number of thiol groups is 1. The lowest BCUT2D eigenvalue weighted by atomic mass is 9.94. The van der Waals surface area contributed by atoms with Crippen LogP contribution in [0.25, 0.3) is 0 Å². The Morgan fingerprint density at radius 1 is 1.62 bits per heavy atom. The van der Waals surface area contributed by atoms with Gasteiger partial charge in [-0.15, -0.1) is 12.2 Å². The maximum absolute atomic E-state index is 13.7. The molecule has 2 radical (unpaired) electrons. The zero-order chi connectivity index (χ0) is 12.3. The first kappa shape index (κ1) is 14.9. The van der Waals surface area contributed by atoms with Crippen molar-refractivity contribution in [3.8, 4) is 0 Å². The van der Waals surface area contributed by atoms with Crippen molar-refractivity contribution in [3.63, 3.8) is 0 Å². The average molecular weight is 284 g/mol. The van der Waals surface area contributed by atoms with Gasteiger partial charge in [-0.05, 0) is 0 Å². The quantitative estimate of drug-likeness (QED) is 0.470. The SMILES string of the molecule is [B][C@@H]1O[C@H](COC)[C@H](OP(=S)(S)CC)C1F. The lowest BCUT2D eigenvalue weighted by molar-refractivity contribution is -0.00783. The van der Waals surface area contributed by atoms with Crippen LogP contribution in [0, 0.1) is 0 Å². The Labute approximate surface area is 107 Å². The van der Waals surface area contributed by atoms with Gasteiger partial charge < -0.3 is 14.0 Å². The van der Waals surface area contributed by atoms with Crippen LogP contribution in [0.4, 0.5) is 4.39 Å². The molecule has 1 fully saturated rings. The minimum Gasteiger partial charge on any atom is -0.382 e. The molecule has 1 aliphatic heterocycles. The number of rotatable bonds is 5. The van der Waals surface area contributed by atoms with E-state index in [1.807, 2.05) is 6.92 Å². The fourth-order valence-electron chi connectivity index (χ4n) is 1.44. The molecule has 5 atom stereocenters. The van der Waals surface area contributed by atoms with Crippen molar-refractivity contribution in [2.45, 2.75) is 31.3 Å². The zero-order valence-corrected chi connectivity index (χ0v) is 11.8. The van der Waals surface area contributed by atoms with E-state index in [9.17, 15) is 4.39 Å². The molecule has 2 unspecified atom stereocenters. The first-order valence-corrected chi connectivity index (χ1v) is 9.01. The molecule has 1 heterocycles. The average Bonchev–Trinajstić information content (AvgIpc) is 2.47. The Balaban J connectivity index is 2.70. The smallest absolute Gasteiger partial charge is 0.147 e. The van der Waals surface area contributed by atoms with Crippen LogP contribution in [0.2, 0.25) is 0 Å². The van der Waals surface area contributed by atoms with Crippen molar-refractivity contribution in [3.05, 3.63) is 0 Å². The van der Waals surface area contributed by atoms with E-state index in [-0.39, 0.29) is 6.61 Å². The summed E-state index contributed by atoms with van der Waals surface area (Å²) in [6.07, 6.45) is -2.10. The molecule has 0 amide bonds. The van der Waals surface area contributed by atoms with Crippen molar-refractivity contribution in [2.24, 2.45) is 0 Å². The summed E-state index contributed by atoms with van der Waals surface area (Å²) in [6, 6.07) is -0.981. The standard InChI is InChI=1S/C8H15BFO3PS2/c1-3-14(15,16)13-7-5(4-11-2)12-8(9)6(7)10/h5-8H,3-4H2,1-2H3,(H,15,16)/t5-,6?,7+,8-/m1/s1. The maximum Gasteiger partial charge on any atom is 0.147 e. The number of halogens is 1. The van der Waals surface area contributed by atoms with Crippen LogP contribution >= 0.6 is 17.7 Å². The molecule has 92 valence electrons. The summed E-state index contributed by atoms with van der Waals surface area (Å²) < 4.78 is 29.4. The van der Waals surface area contributed by atoms with Gasteiger partial charge in [0.2, 0.25) is 0 Å². The van der Waals surface area contributed by atoms with E-state index in [0.717, 1.165) is 0 Å². The van der Waals surface area contributed by atoms with Crippen LogP contribution < -0.4 is 0 Å². The molecule has 1 aliphatic rings. The lowest BCUT2D eigenvalue weighted by Crippen LogP contribution is -2.33. The molecule has 0 aromatic heterocycles. The summed E-state index contributed by atoms with van der Waals surface area (Å²) in [6.45, 7) is 2.09. The van der Waals surface area contributed by atoms with Gasteiger partial charge in [0.05, 0.1) is 12.6 Å². The Hall–Kier alpha value is 0.875. The monoisotopic (exact) mass is 284 g/mol. The molecule has 0 spiro atoms. The second-order valence-electron chi connectivity index (χ2n) is 3.56. The zero-order valence-electron chi connectivity index (χ0n) is 9.21. The Kier molecular flexibility index (Phi) is 5.75. The van der Waals surface area contributed by atoms with Crippen LogP contribution in [0.5, 0.6) is 0 Å². The third kappa shape index (κ3) is 3.69. The molecule has 16 heavy (non-hydrogen) atoms. The topological polar surface area (TPSA) is 27.7 Å². The van der Waals surface area contributed by atoms with Crippen molar-refractivity contribution in [1.29, 1.82) is 0 Å². The largest absolute Gasteiger partial charge is 0.382 e. The third-order valence-electron chi connectivity index (χ3n) is 2.34. The Morgan fingerprint density at radius 3 is 2.75 bits per heavy atom. The number of ether oxygens (including phenoxy) is 2. The second kappa shape index (κ2) is 6.16. The molecule has 0 aromatic rings. The summed E-state index contributed by atoms with van der Waals surface area (Å²) in [7, 11) is 6.98. The molecule has 0 aliphatic carbocycles.